The molecule has 1 amide bonds. The van der Waals surface area contributed by atoms with Gasteiger partial charge in [0.1, 0.15) is 0 Å². The minimum absolute atomic E-state index is 0.0132. The first-order valence-corrected chi connectivity index (χ1v) is 10.8. The molecule has 4 aromatic rings. The zero-order chi connectivity index (χ0) is 19.5. The third kappa shape index (κ3) is 3.95. The van der Waals surface area contributed by atoms with Crippen molar-refractivity contribution in [3.8, 4) is 11.3 Å². The highest BCUT2D eigenvalue weighted by Crippen LogP contribution is 2.30. The summed E-state index contributed by atoms with van der Waals surface area (Å²) >= 11 is 3.05. The number of benzene rings is 1. The monoisotopic (exact) mass is 408 g/mol. The van der Waals surface area contributed by atoms with Crippen molar-refractivity contribution in [2.45, 2.75) is 25.5 Å². The Morgan fingerprint density at radius 1 is 1.18 bits per heavy atom. The second kappa shape index (κ2) is 8.16. The Hall–Kier alpha value is -2.64. The number of hydrogen-bond acceptors (Lipinski definition) is 5. The van der Waals surface area contributed by atoms with Crippen LogP contribution in [0.3, 0.4) is 0 Å². The van der Waals surface area contributed by atoms with Gasteiger partial charge in [0.05, 0.1) is 29.2 Å². The number of nitrogens with one attached hydrogen (secondary N) is 1. The van der Waals surface area contributed by atoms with Crippen LogP contribution in [0.1, 0.15) is 16.1 Å². The van der Waals surface area contributed by atoms with Crippen molar-refractivity contribution in [3.05, 3.63) is 70.0 Å². The zero-order valence-corrected chi connectivity index (χ0v) is 17.3. The van der Waals surface area contributed by atoms with E-state index in [1.54, 1.807) is 11.3 Å². The molecule has 0 aliphatic rings. The molecule has 0 bridgehead atoms. The van der Waals surface area contributed by atoms with Crippen LogP contribution in [0.5, 0.6) is 0 Å². The molecule has 0 spiro atoms. The first kappa shape index (κ1) is 18.7. The topological polar surface area (TPSA) is 59.3 Å². The lowest BCUT2D eigenvalue weighted by molar-refractivity contribution is -0.118. The lowest BCUT2D eigenvalue weighted by atomic mass is 10.1. The van der Waals surface area contributed by atoms with Gasteiger partial charge in [0.15, 0.2) is 5.16 Å². The molecule has 1 aromatic carbocycles. The third-order valence-corrected chi connectivity index (χ3v) is 6.11. The molecular weight excluding hydrogens is 388 g/mol. The van der Waals surface area contributed by atoms with E-state index in [0.717, 1.165) is 38.1 Å². The number of carbonyl (C=O) groups excluding carboxylic acids is 1. The Morgan fingerprint density at radius 2 is 2.00 bits per heavy atom. The number of thiophene rings is 1. The van der Waals surface area contributed by atoms with E-state index in [1.165, 1.54) is 11.8 Å². The molecule has 142 valence electrons. The molecule has 1 N–H and O–H groups in total. The van der Waals surface area contributed by atoms with Crippen LogP contribution in [0.25, 0.3) is 16.8 Å². The smallest absolute Gasteiger partial charge is 0.230 e. The molecule has 0 aliphatic carbocycles. The summed E-state index contributed by atoms with van der Waals surface area (Å²) in [5.74, 6) is 0.286. The van der Waals surface area contributed by atoms with Gasteiger partial charge in [0.2, 0.25) is 5.91 Å². The van der Waals surface area contributed by atoms with E-state index in [4.69, 9.17) is 4.98 Å². The number of hydrogen-bond donors (Lipinski definition) is 1. The Kier molecular flexibility index (Phi) is 5.45. The van der Waals surface area contributed by atoms with Crippen molar-refractivity contribution in [1.29, 1.82) is 0 Å². The molecule has 0 unspecified atom stereocenters. The number of carbonyl (C=O) groups is 1. The molecule has 0 saturated heterocycles. The summed E-state index contributed by atoms with van der Waals surface area (Å²) in [4.78, 5) is 18.2. The standard InChI is InChI=1S/C21H20N4OS2/c1-14-11-15(2)24-25-20(14)19(16-7-4-3-5-8-16)23-21(25)28-13-18(26)22-12-17-9-6-10-27-17/h3-11H,12-13H2,1-2H3,(H,22,26). The minimum atomic E-state index is -0.0132. The van der Waals surface area contributed by atoms with Crippen LogP contribution in [0.15, 0.2) is 59.1 Å². The molecule has 4 rings (SSSR count). The molecule has 28 heavy (non-hydrogen) atoms. The summed E-state index contributed by atoms with van der Waals surface area (Å²) in [7, 11) is 0. The van der Waals surface area contributed by atoms with Crippen molar-refractivity contribution in [1.82, 2.24) is 19.9 Å². The Morgan fingerprint density at radius 3 is 2.75 bits per heavy atom. The Bertz CT molecular complexity index is 1100. The number of aromatic nitrogens is 3. The predicted molar refractivity (Wildman–Crippen MR) is 115 cm³/mol. The predicted octanol–water partition coefficient (Wildman–Crippen LogP) is 4.48. The Balaban J connectivity index is 1.59. The van der Waals surface area contributed by atoms with Crippen LogP contribution < -0.4 is 5.32 Å². The van der Waals surface area contributed by atoms with Gasteiger partial charge in [0.25, 0.3) is 0 Å². The van der Waals surface area contributed by atoms with E-state index in [0.29, 0.717) is 12.3 Å². The number of nitrogens with zero attached hydrogens (tertiary/aromatic N) is 3. The summed E-state index contributed by atoms with van der Waals surface area (Å²) in [6.45, 7) is 4.60. The number of rotatable bonds is 6. The SMILES string of the molecule is Cc1cc(C)c2c(-c3ccccc3)nc(SCC(=O)NCc3cccs3)n2n1. The molecule has 3 aromatic heterocycles. The minimum Gasteiger partial charge on any atom is -0.350 e. The van der Waals surface area contributed by atoms with E-state index in [9.17, 15) is 4.79 Å². The van der Waals surface area contributed by atoms with Gasteiger partial charge in [-0.2, -0.15) is 5.10 Å². The van der Waals surface area contributed by atoms with E-state index >= 15 is 0 Å². The van der Waals surface area contributed by atoms with Gasteiger partial charge in [-0.1, -0.05) is 48.2 Å². The fraction of sp³-hybridized carbons (Fsp3) is 0.190. The van der Waals surface area contributed by atoms with Gasteiger partial charge in [-0.05, 0) is 36.9 Å². The van der Waals surface area contributed by atoms with Crippen LogP contribution in [-0.4, -0.2) is 26.3 Å². The number of aryl methyl sites for hydroxylation is 2. The van der Waals surface area contributed by atoms with Crippen LogP contribution in [-0.2, 0) is 11.3 Å². The van der Waals surface area contributed by atoms with Crippen molar-refractivity contribution >= 4 is 34.5 Å². The quantitative estimate of drug-likeness (QED) is 0.478. The average Bonchev–Trinajstić information content (AvgIpc) is 3.33. The van der Waals surface area contributed by atoms with Gasteiger partial charge in [-0.3, -0.25) is 4.79 Å². The second-order valence-electron chi connectivity index (χ2n) is 6.48. The number of thioether (sulfide) groups is 1. The summed E-state index contributed by atoms with van der Waals surface area (Å²) in [6.07, 6.45) is 0. The van der Waals surface area contributed by atoms with Crippen LogP contribution in [0, 0.1) is 13.8 Å². The number of fused-ring (bicyclic) bond motifs is 1. The molecule has 0 radical (unpaired) electrons. The van der Waals surface area contributed by atoms with Gasteiger partial charge in [0, 0.05) is 10.4 Å². The van der Waals surface area contributed by atoms with Crippen molar-refractivity contribution in [3.63, 3.8) is 0 Å². The van der Waals surface area contributed by atoms with Gasteiger partial charge in [-0.15, -0.1) is 11.3 Å². The van der Waals surface area contributed by atoms with E-state index < -0.39 is 0 Å². The molecule has 3 heterocycles. The molecular formula is C21H20N4OS2. The maximum Gasteiger partial charge on any atom is 0.230 e. The average molecular weight is 409 g/mol. The van der Waals surface area contributed by atoms with E-state index in [-0.39, 0.29) is 5.91 Å². The van der Waals surface area contributed by atoms with Crippen molar-refractivity contribution in [2.75, 3.05) is 5.75 Å². The fourth-order valence-electron chi connectivity index (χ4n) is 3.08. The normalized spacial score (nSPS) is 11.1. The first-order valence-electron chi connectivity index (χ1n) is 8.96. The van der Waals surface area contributed by atoms with Gasteiger partial charge in [-0.25, -0.2) is 9.50 Å². The van der Waals surface area contributed by atoms with Crippen LogP contribution >= 0.6 is 23.1 Å². The number of imidazole rings is 1. The first-order chi connectivity index (χ1) is 13.6. The highest BCUT2D eigenvalue weighted by molar-refractivity contribution is 7.99. The zero-order valence-electron chi connectivity index (χ0n) is 15.7. The maximum absolute atomic E-state index is 12.3. The molecule has 5 nitrogen and oxygen atoms in total. The highest BCUT2D eigenvalue weighted by Gasteiger charge is 2.17. The Labute approximate surface area is 171 Å². The third-order valence-electron chi connectivity index (χ3n) is 4.30. The largest absolute Gasteiger partial charge is 0.350 e. The summed E-state index contributed by atoms with van der Waals surface area (Å²) in [5.41, 5.74) is 4.96. The maximum atomic E-state index is 12.3. The lowest BCUT2D eigenvalue weighted by Gasteiger charge is -2.05. The van der Waals surface area contributed by atoms with Crippen LogP contribution in [0.4, 0.5) is 0 Å². The van der Waals surface area contributed by atoms with E-state index in [2.05, 4.69) is 23.4 Å². The summed E-state index contributed by atoms with van der Waals surface area (Å²) < 4.78 is 1.87. The second-order valence-corrected chi connectivity index (χ2v) is 8.46. The van der Waals surface area contributed by atoms with E-state index in [1.807, 2.05) is 59.3 Å². The molecule has 0 fully saturated rings. The van der Waals surface area contributed by atoms with Gasteiger partial charge >= 0.3 is 0 Å². The van der Waals surface area contributed by atoms with Crippen LogP contribution in [0.2, 0.25) is 0 Å². The summed E-state index contributed by atoms with van der Waals surface area (Å²) in [5, 5.41) is 10.3. The lowest BCUT2D eigenvalue weighted by Crippen LogP contribution is -2.24. The molecule has 0 aliphatic heterocycles. The summed E-state index contributed by atoms with van der Waals surface area (Å²) in [6, 6.07) is 16.1. The molecule has 0 atom stereocenters. The highest BCUT2D eigenvalue weighted by atomic mass is 32.2. The molecule has 0 saturated carbocycles. The van der Waals surface area contributed by atoms with Crippen molar-refractivity contribution < 1.29 is 4.79 Å². The molecule has 7 heteroatoms. The van der Waals surface area contributed by atoms with Gasteiger partial charge < -0.3 is 5.32 Å². The van der Waals surface area contributed by atoms with Crippen molar-refractivity contribution in [2.24, 2.45) is 0 Å². The number of amides is 1. The fourth-order valence-corrected chi connectivity index (χ4v) is 4.49.